The predicted octanol–water partition coefficient (Wildman–Crippen LogP) is 3.82. The lowest BCUT2D eigenvalue weighted by atomic mass is 9.89. The lowest BCUT2D eigenvalue weighted by Crippen LogP contribution is -2.39. The number of fused-ring (bicyclic) bond motifs is 2. The van der Waals surface area contributed by atoms with Crippen LogP contribution in [-0.4, -0.2) is 29.6 Å². The summed E-state index contributed by atoms with van der Waals surface area (Å²) in [5.74, 6) is 0.945. The van der Waals surface area contributed by atoms with Gasteiger partial charge in [-0.25, -0.2) is 0 Å². The van der Waals surface area contributed by atoms with E-state index in [0.717, 1.165) is 24.5 Å². The Labute approximate surface area is 129 Å². The third-order valence-corrected chi connectivity index (χ3v) is 5.35. The summed E-state index contributed by atoms with van der Waals surface area (Å²) in [5, 5.41) is 3.76. The number of piperidine rings is 1. The maximum absolute atomic E-state index is 3.76. The highest BCUT2D eigenvalue weighted by molar-refractivity contribution is 5.14. The molecule has 2 aliphatic rings. The third kappa shape index (κ3) is 4.08. The fraction of sp³-hybridized carbons (Fsp3) is 0.684. The molecule has 0 spiro atoms. The molecule has 2 unspecified atom stereocenters. The molecule has 2 heteroatoms. The Bertz CT molecular complexity index is 416. The summed E-state index contributed by atoms with van der Waals surface area (Å²) in [6.07, 6.45) is 7.03. The van der Waals surface area contributed by atoms with E-state index in [-0.39, 0.29) is 0 Å². The Hall–Kier alpha value is -0.860. The molecular weight excluding hydrogens is 256 g/mol. The van der Waals surface area contributed by atoms with Crippen LogP contribution >= 0.6 is 0 Å². The van der Waals surface area contributed by atoms with E-state index >= 15 is 0 Å². The van der Waals surface area contributed by atoms with Gasteiger partial charge in [0.2, 0.25) is 0 Å². The monoisotopic (exact) mass is 286 g/mol. The van der Waals surface area contributed by atoms with Crippen LogP contribution in [0.15, 0.2) is 30.3 Å². The molecule has 1 N–H and O–H groups in total. The smallest absolute Gasteiger partial charge is 0.0236 e. The fourth-order valence-electron chi connectivity index (χ4n) is 4.10. The molecule has 2 atom stereocenters. The molecule has 1 aromatic rings. The van der Waals surface area contributed by atoms with Gasteiger partial charge in [0.1, 0.15) is 0 Å². The Kier molecular flexibility index (Phi) is 4.97. The normalized spacial score (nSPS) is 28.5. The fourth-order valence-corrected chi connectivity index (χ4v) is 4.10. The van der Waals surface area contributed by atoms with E-state index in [4.69, 9.17) is 0 Å². The molecule has 116 valence electrons. The van der Waals surface area contributed by atoms with Crippen LogP contribution in [0.25, 0.3) is 0 Å². The summed E-state index contributed by atoms with van der Waals surface area (Å²) >= 11 is 0. The van der Waals surface area contributed by atoms with E-state index in [1.807, 2.05) is 0 Å². The molecule has 1 aromatic carbocycles. The summed E-state index contributed by atoms with van der Waals surface area (Å²) in [7, 11) is 0. The lowest BCUT2D eigenvalue weighted by molar-refractivity contribution is 0.179. The summed E-state index contributed by atoms with van der Waals surface area (Å²) in [5.41, 5.74) is 1.44. The van der Waals surface area contributed by atoms with Crippen LogP contribution in [0, 0.1) is 5.92 Å². The zero-order chi connectivity index (χ0) is 14.7. The first-order valence-corrected chi connectivity index (χ1v) is 8.74. The van der Waals surface area contributed by atoms with E-state index in [2.05, 4.69) is 54.4 Å². The molecule has 2 nitrogen and oxygen atoms in total. The van der Waals surface area contributed by atoms with Gasteiger partial charge in [-0.1, -0.05) is 30.3 Å². The van der Waals surface area contributed by atoms with Crippen molar-refractivity contribution >= 4 is 0 Å². The summed E-state index contributed by atoms with van der Waals surface area (Å²) < 4.78 is 0. The summed E-state index contributed by atoms with van der Waals surface area (Å²) in [4.78, 5) is 2.64. The zero-order valence-electron chi connectivity index (χ0n) is 13.6. The van der Waals surface area contributed by atoms with E-state index in [1.165, 1.54) is 44.2 Å². The highest BCUT2D eigenvalue weighted by Gasteiger charge is 2.33. The number of rotatable bonds is 6. The maximum atomic E-state index is 3.76. The van der Waals surface area contributed by atoms with Gasteiger partial charge in [0, 0.05) is 24.7 Å². The SMILES string of the molecule is CC(C)N(CCC1CC2CCC(C1)N2)Cc1ccccc1. The minimum Gasteiger partial charge on any atom is -0.311 e. The van der Waals surface area contributed by atoms with Crippen LogP contribution in [0.1, 0.15) is 51.5 Å². The quantitative estimate of drug-likeness (QED) is 0.855. The van der Waals surface area contributed by atoms with E-state index in [1.54, 1.807) is 0 Å². The van der Waals surface area contributed by atoms with E-state index in [9.17, 15) is 0 Å². The molecule has 0 saturated carbocycles. The number of hydrogen-bond acceptors (Lipinski definition) is 2. The third-order valence-electron chi connectivity index (χ3n) is 5.35. The van der Waals surface area contributed by atoms with Crippen molar-refractivity contribution < 1.29 is 0 Å². The molecule has 2 saturated heterocycles. The van der Waals surface area contributed by atoms with Crippen molar-refractivity contribution in [2.24, 2.45) is 5.92 Å². The van der Waals surface area contributed by atoms with Crippen LogP contribution in [0.2, 0.25) is 0 Å². The van der Waals surface area contributed by atoms with Gasteiger partial charge in [-0.15, -0.1) is 0 Å². The molecule has 3 rings (SSSR count). The van der Waals surface area contributed by atoms with Gasteiger partial charge >= 0.3 is 0 Å². The van der Waals surface area contributed by atoms with Crippen molar-refractivity contribution in [1.82, 2.24) is 10.2 Å². The summed E-state index contributed by atoms with van der Waals surface area (Å²) in [6, 6.07) is 13.2. The first-order chi connectivity index (χ1) is 10.2. The van der Waals surface area contributed by atoms with Gasteiger partial charge in [-0.3, -0.25) is 4.90 Å². The van der Waals surface area contributed by atoms with Crippen molar-refractivity contribution in [1.29, 1.82) is 0 Å². The Morgan fingerprint density at radius 3 is 2.38 bits per heavy atom. The molecule has 0 aromatic heterocycles. The van der Waals surface area contributed by atoms with Crippen LogP contribution in [-0.2, 0) is 6.54 Å². The van der Waals surface area contributed by atoms with Gasteiger partial charge in [0.15, 0.2) is 0 Å². The van der Waals surface area contributed by atoms with Crippen LogP contribution in [0.5, 0.6) is 0 Å². The van der Waals surface area contributed by atoms with Gasteiger partial charge in [-0.05, 0) is 64.0 Å². The first kappa shape index (κ1) is 15.1. The van der Waals surface area contributed by atoms with Crippen molar-refractivity contribution in [3.8, 4) is 0 Å². The molecule has 2 heterocycles. The molecular formula is C19H30N2. The van der Waals surface area contributed by atoms with Crippen molar-refractivity contribution in [2.45, 2.75) is 70.6 Å². The van der Waals surface area contributed by atoms with E-state index < -0.39 is 0 Å². The second-order valence-electron chi connectivity index (χ2n) is 7.31. The van der Waals surface area contributed by atoms with Gasteiger partial charge < -0.3 is 5.32 Å². The molecule has 2 bridgehead atoms. The molecule has 2 fully saturated rings. The maximum Gasteiger partial charge on any atom is 0.0236 e. The number of nitrogens with one attached hydrogen (secondary N) is 1. The van der Waals surface area contributed by atoms with Gasteiger partial charge in [0.25, 0.3) is 0 Å². The average molecular weight is 286 g/mol. The number of nitrogens with zero attached hydrogens (tertiary/aromatic N) is 1. The van der Waals surface area contributed by atoms with E-state index in [0.29, 0.717) is 6.04 Å². The van der Waals surface area contributed by atoms with Gasteiger partial charge in [-0.2, -0.15) is 0 Å². The Morgan fingerprint density at radius 1 is 1.10 bits per heavy atom. The highest BCUT2D eigenvalue weighted by atomic mass is 15.1. The lowest BCUT2D eigenvalue weighted by Gasteiger charge is -2.32. The largest absolute Gasteiger partial charge is 0.311 e. The topological polar surface area (TPSA) is 15.3 Å². The molecule has 21 heavy (non-hydrogen) atoms. The Balaban J connectivity index is 1.51. The average Bonchev–Trinajstić information content (AvgIpc) is 2.83. The minimum absolute atomic E-state index is 0.628. The predicted molar refractivity (Wildman–Crippen MR) is 89.3 cm³/mol. The van der Waals surface area contributed by atoms with Crippen LogP contribution in [0.3, 0.4) is 0 Å². The van der Waals surface area contributed by atoms with Crippen molar-refractivity contribution in [3.05, 3.63) is 35.9 Å². The Morgan fingerprint density at radius 2 is 1.76 bits per heavy atom. The standard InChI is InChI=1S/C19H30N2/c1-15(2)21(14-16-6-4-3-5-7-16)11-10-17-12-18-8-9-19(13-17)20-18/h3-7,15,17-20H,8-14H2,1-2H3. The van der Waals surface area contributed by atoms with Crippen LogP contribution in [0.4, 0.5) is 0 Å². The molecule has 0 amide bonds. The van der Waals surface area contributed by atoms with Crippen LogP contribution < -0.4 is 5.32 Å². The van der Waals surface area contributed by atoms with Gasteiger partial charge in [0.05, 0.1) is 0 Å². The first-order valence-electron chi connectivity index (χ1n) is 8.74. The molecule has 0 radical (unpaired) electrons. The zero-order valence-corrected chi connectivity index (χ0v) is 13.6. The number of benzene rings is 1. The minimum atomic E-state index is 0.628. The second-order valence-corrected chi connectivity index (χ2v) is 7.31. The van der Waals surface area contributed by atoms with Crippen molar-refractivity contribution in [3.63, 3.8) is 0 Å². The van der Waals surface area contributed by atoms with Crippen molar-refractivity contribution in [2.75, 3.05) is 6.54 Å². The summed E-state index contributed by atoms with van der Waals surface area (Å²) in [6.45, 7) is 7.00. The number of hydrogen-bond donors (Lipinski definition) is 1. The second kappa shape index (κ2) is 6.93. The molecule has 2 aliphatic heterocycles. The highest BCUT2D eigenvalue weighted by Crippen LogP contribution is 2.32. The molecule has 0 aliphatic carbocycles.